The van der Waals surface area contributed by atoms with E-state index in [4.69, 9.17) is 5.11 Å². The minimum absolute atomic E-state index is 0.101. The van der Waals surface area contributed by atoms with Crippen molar-refractivity contribution < 1.29 is 27.9 Å². The quantitative estimate of drug-likeness (QED) is 0.722. The molecule has 0 aromatic heterocycles. The fraction of sp³-hybridized carbons (Fsp3) is 0.385. The number of carboxylic acids is 1. The van der Waals surface area contributed by atoms with Gasteiger partial charge < -0.3 is 9.84 Å². The lowest BCUT2D eigenvalue weighted by Gasteiger charge is -2.13. The lowest BCUT2D eigenvalue weighted by molar-refractivity contribution is -0.141. The maximum Gasteiger partial charge on any atom is 0.339 e. The van der Waals surface area contributed by atoms with E-state index in [-0.39, 0.29) is 23.4 Å². The summed E-state index contributed by atoms with van der Waals surface area (Å²) < 4.78 is 31.2. The molecule has 8 heteroatoms. The largest absolute Gasteiger partial charge is 0.481 e. The van der Waals surface area contributed by atoms with Crippen LogP contribution in [0.15, 0.2) is 29.2 Å². The van der Waals surface area contributed by atoms with Crippen LogP contribution in [0.1, 0.15) is 23.7 Å². The Labute approximate surface area is 123 Å². The summed E-state index contributed by atoms with van der Waals surface area (Å²) in [5.74, 6) is -2.69. The number of nitrogens with one attached hydrogen (secondary N) is 1. The normalized spacial score (nSPS) is 12.7. The summed E-state index contributed by atoms with van der Waals surface area (Å²) in [7, 11) is -2.85. The molecule has 0 spiro atoms. The predicted octanol–water partition coefficient (Wildman–Crippen LogP) is 0.862. The summed E-state index contributed by atoms with van der Waals surface area (Å²) in [6.45, 7) is 1.40. The molecule has 116 valence electrons. The van der Waals surface area contributed by atoms with Crippen LogP contribution in [0.4, 0.5) is 0 Å². The number of rotatable bonds is 7. The third kappa shape index (κ3) is 4.27. The standard InChI is InChI=1S/C13H17NO6S/c1-3-9(12(15)16)8-14-21(18,19)11-7-5-4-6-10(11)13(17)20-2/h4-7,9,14H,3,8H2,1-2H3,(H,15,16). The molecule has 1 aromatic rings. The lowest BCUT2D eigenvalue weighted by atomic mass is 10.1. The minimum Gasteiger partial charge on any atom is -0.481 e. The molecule has 0 aliphatic rings. The van der Waals surface area contributed by atoms with Crippen LogP contribution in [0, 0.1) is 5.92 Å². The molecule has 0 heterocycles. The second kappa shape index (κ2) is 7.19. The molecule has 1 aromatic carbocycles. The van der Waals surface area contributed by atoms with E-state index in [0.29, 0.717) is 0 Å². The Balaban J connectivity index is 3.04. The highest BCUT2D eigenvalue weighted by Crippen LogP contribution is 2.16. The summed E-state index contributed by atoms with van der Waals surface area (Å²) in [6.07, 6.45) is 0.288. The van der Waals surface area contributed by atoms with Crippen LogP contribution >= 0.6 is 0 Å². The summed E-state index contributed by atoms with van der Waals surface area (Å²) in [4.78, 5) is 22.2. The van der Waals surface area contributed by atoms with E-state index in [0.717, 1.165) is 7.11 Å². The van der Waals surface area contributed by atoms with Crippen molar-refractivity contribution in [3.8, 4) is 0 Å². The van der Waals surface area contributed by atoms with E-state index in [1.165, 1.54) is 24.3 Å². The monoisotopic (exact) mass is 315 g/mol. The minimum atomic E-state index is -4.00. The molecule has 21 heavy (non-hydrogen) atoms. The van der Waals surface area contributed by atoms with E-state index >= 15 is 0 Å². The van der Waals surface area contributed by atoms with Crippen LogP contribution in [-0.4, -0.2) is 39.1 Å². The molecule has 0 aliphatic heterocycles. The average Bonchev–Trinajstić information content (AvgIpc) is 2.46. The van der Waals surface area contributed by atoms with Gasteiger partial charge in [-0.2, -0.15) is 0 Å². The summed E-state index contributed by atoms with van der Waals surface area (Å²) in [6, 6.07) is 5.57. The number of hydrogen-bond donors (Lipinski definition) is 2. The zero-order valence-electron chi connectivity index (χ0n) is 11.7. The number of ether oxygens (including phenoxy) is 1. The predicted molar refractivity (Wildman–Crippen MR) is 74.4 cm³/mol. The van der Waals surface area contributed by atoms with Gasteiger partial charge in [0.2, 0.25) is 10.0 Å². The summed E-state index contributed by atoms with van der Waals surface area (Å²) in [5, 5.41) is 8.91. The van der Waals surface area contributed by atoms with Gasteiger partial charge in [0.25, 0.3) is 0 Å². The Morgan fingerprint density at radius 3 is 2.48 bits per heavy atom. The first-order valence-corrected chi connectivity index (χ1v) is 7.71. The van der Waals surface area contributed by atoms with Gasteiger partial charge in [0.05, 0.1) is 23.5 Å². The molecule has 1 unspecified atom stereocenters. The van der Waals surface area contributed by atoms with Crippen molar-refractivity contribution in [2.24, 2.45) is 5.92 Å². The molecule has 0 fully saturated rings. The number of carbonyl (C=O) groups excluding carboxylic acids is 1. The first kappa shape index (κ1) is 17.1. The van der Waals surface area contributed by atoms with Crippen LogP contribution in [0.5, 0.6) is 0 Å². The van der Waals surface area contributed by atoms with Crippen molar-refractivity contribution >= 4 is 22.0 Å². The number of hydrogen-bond acceptors (Lipinski definition) is 5. The smallest absolute Gasteiger partial charge is 0.339 e. The van der Waals surface area contributed by atoms with E-state index in [1.54, 1.807) is 6.92 Å². The molecule has 0 amide bonds. The van der Waals surface area contributed by atoms with E-state index in [2.05, 4.69) is 9.46 Å². The van der Waals surface area contributed by atoms with Gasteiger partial charge in [-0.3, -0.25) is 4.79 Å². The Bertz CT molecular complexity index is 625. The second-order valence-corrected chi connectivity index (χ2v) is 6.02. The second-order valence-electron chi connectivity index (χ2n) is 4.28. The van der Waals surface area contributed by atoms with Crippen molar-refractivity contribution in [3.05, 3.63) is 29.8 Å². The van der Waals surface area contributed by atoms with Crippen LogP contribution in [0.25, 0.3) is 0 Å². The number of methoxy groups -OCH3 is 1. The maximum absolute atomic E-state index is 12.2. The topological polar surface area (TPSA) is 110 Å². The first-order valence-electron chi connectivity index (χ1n) is 6.23. The molecule has 0 saturated carbocycles. The Morgan fingerprint density at radius 2 is 1.95 bits per heavy atom. The van der Waals surface area contributed by atoms with Gasteiger partial charge in [0.1, 0.15) is 0 Å². The number of sulfonamides is 1. The third-order valence-electron chi connectivity index (χ3n) is 2.94. The van der Waals surface area contributed by atoms with Crippen molar-refractivity contribution in [1.82, 2.24) is 4.72 Å². The zero-order valence-corrected chi connectivity index (χ0v) is 12.5. The fourth-order valence-electron chi connectivity index (χ4n) is 1.67. The van der Waals surface area contributed by atoms with Gasteiger partial charge in [0.15, 0.2) is 0 Å². The van der Waals surface area contributed by atoms with Crippen LogP contribution in [-0.2, 0) is 19.6 Å². The van der Waals surface area contributed by atoms with Gasteiger partial charge in [-0.05, 0) is 18.6 Å². The van der Waals surface area contributed by atoms with Crippen molar-refractivity contribution in [3.63, 3.8) is 0 Å². The van der Waals surface area contributed by atoms with E-state index in [9.17, 15) is 18.0 Å². The number of carbonyl (C=O) groups is 2. The maximum atomic E-state index is 12.2. The fourth-order valence-corrected chi connectivity index (χ4v) is 2.95. The molecule has 1 rings (SSSR count). The molecule has 7 nitrogen and oxygen atoms in total. The lowest BCUT2D eigenvalue weighted by Crippen LogP contribution is -2.33. The molecule has 0 saturated heterocycles. The van der Waals surface area contributed by atoms with Crippen molar-refractivity contribution in [2.45, 2.75) is 18.2 Å². The molecule has 0 bridgehead atoms. The molecule has 1 atom stereocenters. The van der Waals surface area contributed by atoms with Crippen LogP contribution in [0.3, 0.4) is 0 Å². The highest BCUT2D eigenvalue weighted by molar-refractivity contribution is 7.89. The van der Waals surface area contributed by atoms with Gasteiger partial charge in [-0.1, -0.05) is 19.1 Å². The van der Waals surface area contributed by atoms with Gasteiger partial charge >= 0.3 is 11.9 Å². The van der Waals surface area contributed by atoms with Crippen LogP contribution in [0.2, 0.25) is 0 Å². The summed E-state index contributed by atoms with van der Waals surface area (Å²) in [5.41, 5.74) is -0.101. The van der Waals surface area contributed by atoms with Gasteiger partial charge in [-0.25, -0.2) is 17.9 Å². The Morgan fingerprint density at radius 1 is 1.33 bits per heavy atom. The average molecular weight is 315 g/mol. The number of benzene rings is 1. The zero-order chi connectivity index (χ0) is 16.0. The SMILES string of the molecule is CCC(CNS(=O)(=O)c1ccccc1C(=O)OC)C(=O)O. The highest BCUT2D eigenvalue weighted by Gasteiger charge is 2.24. The molecule has 2 N–H and O–H groups in total. The van der Waals surface area contributed by atoms with E-state index in [1.807, 2.05) is 0 Å². The van der Waals surface area contributed by atoms with Gasteiger partial charge in [-0.15, -0.1) is 0 Å². The van der Waals surface area contributed by atoms with Gasteiger partial charge in [0, 0.05) is 6.54 Å². The first-order chi connectivity index (χ1) is 9.83. The third-order valence-corrected chi connectivity index (χ3v) is 4.43. The molecular formula is C13H17NO6S. The molecular weight excluding hydrogens is 298 g/mol. The highest BCUT2D eigenvalue weighted by atomic mass is 32.2. The number of esters is 1. The Hall–Kier alpha value is -1.93. The molecule has 0 aliphatic carbocycles. The van der Waals surface area contributed by atoms with Crippen molar-refractivity contribution in [1.29, 1.82) is 0 Å². The number of aliphatic carboxylic acids is 1. The van der Waals surface area contributed by atoms with E-state index < -0.39 is 27.9 Å². The Kier molecular flexibility index (Phi) is 5.86. The number of carboxylic acid groups (broad SMARTS) is 1. The molecule has 0 radical (unpaired) electrons. The summed E-state index contributed by atoms with van der Waals surface area (Å²) >= 11 is 0. The van der Waals surface area contributed by atoms with Crippen LogP contribution < -0.4 is 4.72 Å². The van der Waals surface area contributed by atoms with Crippen molar-refractivity contribution in [2.75, 3.05) is 13.7 Å².